The molecule has 0 radical (unpaired) electrons. The normalized spacial score (nSPS) is 10.9. The molecule has 188 valence electrons. The van der Waals surface area contributed by atoms with E-state index in [1.165, 1.54) is 121 Å². The molecule has 1 aromatic carbocycles. The van der Waals surface area contributed by atoms with Gasteiger partial charge in [-0.15, -0.1) is 0 Å². The maximum Gasteiger partial charge on any atom is 0.339 e. The minimum absolute atomic E-state index is 0.00401. The summed E-state index contributed by atoms with van der Waals surface area (Å²) >= 11 is 0. The number of carbonyl (C=O) groups excluding carboxylic acids is 1. The number of carboxylic acids is 1. The quantitative estimate of drug-likeness (QED) is 0.138. The van der Waals surface area contributed by atoms with Crippen molar-refractivity contribution in [2.75, 3.05) is 6.61 Å². The van der Waals surface area contributed by atoms with Gasteiger partial charge in [-0.05, 0) is 18.6 Å². The molecule has 0 aromatic heterocycles. The minimum Gasteiger partial charge on any atom is -0.478 e. The van der Waals surface area contributed by atoms with Crippen LogP contribution in [-0.2, 0) is 4.74 Å². The van der Waals surface area contributed by atoms with E-state index in [2.05, 4.69) is 6.92 Å². The summed E-state index contributed by atoms with van der Waals surface area (Å²) in [6.45, 7) is 2.63. The molecule has 1 aromatic rings. The Balaban J connectivity index is 1.83. The molecule has 0 atom stereocenters. The average molecular weight is 461 g/mol. The summed E-state index contributed by atoms with van der Waals surface area (Å²) in [7, 11) is 0. The van der Waals surface area contributed by atoms with Crippen LogP contribution in [0.2, 0.25) is 0 Å². The minimum atomic E-state index is -1.11. The van der Waals surface area contributed by atoms with Crippen LogP contribution in [0.4, 0.5) is 0 Å². The van der Waals surface area contributed by atoms with Crippen molar-refractivity contribution in [3.8, 4) is 0 Å². The molecule has 0 spiro atoms. The number of hydrogen-bond acceptors (Lipinski definition) is 3. The average Bonchev–Trinajstić information content (AvgIpc) is 2.82. The van der Waals surface area contributed by atoms with Gasteiger partial charge in [0, 0.05) is 0 Å². The standard InChI is InChI=1S/C29H48O4/c1-2-3-4-5-6-7-8-9-10-11-12-13-14-15-16-17-18-19-22-25-33-29(32)27-24-21-20-23-26(27)28(30)31/h20-21,23-24H,2-19,22,25H2,1H3,(H,30,31). The topological polar surface area (TPSA) is 63.6 Å². The van der Waals surface area contributed by atoms with Crippen LogP contribution in [0.25, 0.3) is 0 Å². The van der Waals surface area contributed by atoms with E-state index in [4.69, 9.17) is 9.84 Å². The number of ether oxygens (including phenoxy) is 1. The molecular weight excluding hydrogens is 412 g/mol. The van der Waals surface area contributed by atoms with Crippen molar-refractivity contribution in [3.05, 3.63) is 35.4 Å². The molecule has 4 heteroatoms. The zero-order valence-electron chi connectivity index (χ0n) is 21.1. The van der Waals surface area contributed by atoms with Crippen molar-refractivity contribution >= 4 is 11.9 Å². The maximum absolute atomic E-state index is 12.1. The van der Waals surface area contributed by atoms with Crippen LogP contribution >= 0.6 is 0 Å². The summed E-state index contributed by atoms with van der Waals surface area (Å²) < 4.78 is 5.25. The third-order valence-electron chi connectivity index (χ3n) is 6.36. The highest BCUT2D eigenvalue weighted by molar-refractivity contribution is 6.02. The number of carbonyl (C=O) groups is 2. The Kier molecular flexibility index (Phi) is 18.4. The van der Waals surface area contributed by atoms with Crippen molar-refractivity contribution in [3.63, 3.8) is 0 Å². The molecule has 0 bridgehead atoms. The van der Waals surface area contributed by atoms with Crippen molar-refractivity contribution in [1.82, 2.24) is 0 Å². The van der Waals surface area contributed by atoms with Crippen LogP contribution in [-0.4, -0.2) is 23.7 Å². The Bertz CT molecular complexity index is 626. The van der Waals surface area contributed by atoms with Gasteiger partial charge in [-0.1, -0.05) is 135 Å². The van der Waals surface area contributed by atoms with Gasteiger partial charge in [0.15, 0.2) is 0 Å². The number of aromatic carboxylic acids is 1. The molecule has 0 unspecified atom stereocenters. The summed E-state index contributed by atoms with van der Waals surface area (Å²) in [5.41, 5.74) is 0.124. The Morgan fingerprint density at radius 3 is 1.36 bits per heavy atom. The van der Waals surface area contributed by atoms with Crippen molar-refractivity contribution < 1.29 is 19.4 Å². The Morgan fingerprint density at radius 1 is 0.606 bits per heavy atom. The number of rotatable bonds is 22. The summed E-state index contributed by atoms with van der Waals surface area (Å²) in [6.07, 6.45) is 25.2. The fraction of sp³-hybridized carbons (Fsp3) is 0.724. The molecule has 1 rings (SSSR count). The number of hydrogen-bond donors (Lipinski definition) is 1. The summed E-state index contributed by atoms with van der Waals surface area (Å²) in [4.78, 5) is 23.3. The van der Waals surface area contributed by atoms with Crippen LogP contribution in [0.15, 0.2) is 24.3 Å². The van der Waals surface area contributed by atoms with E-state index < -0.39 is 11.9 Å². The van der Waals surface area contributed by atoms with Gasteiger partial charge >= 0.3 is 11.9 Å². The molecule has 33 heavy (non-hydrogen) atoms. The Labute approximate surface area is 202 Å². The largest absolute Gasteiger partial charge is 0.478 e. The zero-order valence-corrected chi connectivity index (χ0v) is 21.1. The van der Waals surface area contributed by atoms with E-state index in [0.717, 1.165) is 12.8 Å². The van der Waals surface area contributed by atoms with Gasteiger partial charge in [0.1, 0.15) is 0 Å². The van der Waals surface area contributed by atoms with Crippen LogP contribution in [0.3, 0.4) is 0 Å². The second-order valence-electron chi connectivity index (χ2n) is 9.35. The van der Waals surface area contributed by atoms with Gasteiger partial charge in [-0.3, -0.25) is 0 Å². The molecular formula is C29H48O4. The lowest BCUT2D eigenvalue weighted by atomic mass is 10.0. The molecule has 0 aliphatic carbocycles. The highest BCUT2D eigenvalue weighted by atomic mass is 16.5. The smallest absolute Gasteiger partial charge is 0.339 e. The van der Waals surface area contributed by atoms with Gasteiger partial charge in [0.05, 0.1) is 17.7 Å². The van der Waals surface area contributed by atoms with E-state index in [-0.39, 0.29) is 11.1 Å². The van der Waals surface area contributed by atoms with Gasteiger partial charge in [0.2, 0.25) is 0 Å². The highest BCUT2D eigenvalue weighted by Gasteiger charge is 2.16. The van der Waals surface area contributed by atoms with E-state index >= 15 is 0 Å². The third kappa shape index (κ3) is 15.6. The summed E-state index contributed by atoms with van der Waals surface area (Å²) in [5.74, 6) is -1.65. The molecule has 0 aliphatic heterocycles. The summed E-state index contributed by atoms with van der Waals surface area (Å²) in [6, 6.07) is 6.19. The zero-order chi connectivity index (χ0) is 24.0. The van der Waals surface area contributed by atoms with Crippen molar-refractivity contribution in [2.24, 2.45) is 0 Å². The van der Waals surface area contributed by atoms with Gasteiger partial charge < -0.3 is 9.84 Å². The van der Waals surface area contributed by atoms with E-state index in [1.807, 2.05) is 0 Å². The number of carboxylic acid groups (broad SMARTS) is 1. The second kappa shape index (κ2) is 20.7. The van der Waals surface area contributed by atoms with Crippen LogP contribution < -0.4 is 0 Å². The Morgan fingerprint density at radius 2 is 0.970 bits per heavy atom. The monoisotopic (exact) mass is 460 g/mol. The first kappa shape index (κ1) is 29.2. The maximum atomic E-state index is 12.1. The van der Waals surface area contributed by atoms with E-state index in [1.54, 1.807) is 12.1 Å². The van der Waals surface area contributed by atoms with Crippen molar-refractivity contribution in [2.45, 2.75) is 129 Å². The third-order valence-corrected chi connectivity index (χ3v) is 6.36. The van der Waals surface area contributed by atoms with E-state index in [9.17, 15) is 9.59 Å². The predicted molar refractivity (Wildman–Crippen MR) is 137 cm³/mol. The summed E-state index contributed by atoms with van der Waals surface area (Å²) in [5, 5.41) is 9.15. The fourth-order valence-corrected chi connectivity index (χ4v) is 4.27. The molecule has 0 fully saturated rings. The van der Waals surface area contributed by atoms with E-state index in [0.29, 0.717) is 6.61 Å². The molecule has 0 amide bonds. The molecule has 0 aliphatic rings. The first-order chi connectivity index (χ1) is 16.2. The van der Waals surface area contributed by atoms with Crippen molar-refractivity contribution in [1.29, 1.82) is 0 Å². The number of unbranched alkanes of at least 4 members (excludes halogenated alkanes) is 18. The van der Waals surface area contributed by atoms with Crippen LogP contribution in [0.5, 0.6) is 0 Å². The number of esters is 1. The molecule has 4 nitrogen and oxygen atoms in total. The first-order valence-corrected chi connectivity index (χ1v) is 13.7. The molecule has 0 saturated carbocycles. The van der Waals surface area contributed by atoms with Crippen LogP contribution in [0.1, 0.15) is 150 Å². The molecule has 1 N–H and O–H groups in total. The fourth-order valence-electron chi connectivity index (χ4n) is 4.27. The van der Waals surface area contributed by atoms with Crippen LogP contribution in [0, 0.1) is 0 Å². The first-order valence-electron chi connectivity index (χ1n) is 13.7. The number of benzene rings is 1. The second-order valence-corrected chi connectivity index (χ2v) is 9.35. The molecule has 0 saturated heterocycles. The highest BCUT2D eigenvalue weighted by Crippen LogP contribution is 2.15. The lowest BCUT2D eigenvalue weighted by molar-refractivity contribution is 0.0487. The molecule has 0 heterocycles. The van der Waals surface area contributed by atoms with Gasteiger partial charge in [-0.25, -0.2) is 9.59 Å². The van der Waals surface area contributed by atoms with Gasteiger partial charge in [-0.2, -0.15) is 0 Å². The lowest BCUT2D eigenvalue weighted by Gasteiger charge is -2.07. The van der Waals surface area contributed by atoms with Gasteiger partial charge in [0.25, 0.3) is 0 Å². The Hall–Kier alpha value is -1.84. The lowest BCUT2D eigenvalue weighted by Crippen LogP contribution is -2.12. The predicted octanol–water partition coefficient (Wildman–Crippen LogP) is 8.97. The SMILES string of the molecule is CCCCCCCCCCCCCCCCCCCCCOC(=O)c1ccccc1C(=O)O.